The van der Waals surface area contributed by atoms with Gasteiger partial charge in [0.05, 0.1) is 12.1 Å². The van der Waals surface area contributed by atoms with Crippen molar-refractivity contribution in [2.24, 2.45) is 0 Å². The third kappa shape index (κ3) is 3.43. The molecule has 1 aromatic carbocycles. The van der Waals surface area contributed by atoms with E-state index in [9.17, 15) is 0 Å². The quantitative estimate of drug-likeness (QED) is 0.823. The highest BCUT2D eigenvalue weighted by molar-refractivity contribution is 7.80. The molecule has 3 nitrogen and oxygen atoms in total. The van der Waals surface area contributed by atoms with Gasteiger partial charge in [0.2, 0.25) is 0 Å². The van der Waals surface area contributed by atoms with Crippen molar-refractivity contribution in [3.8, 4) is 0 Å². The molecule has 2 N–H and O–H groups in total. The van der Waals surface area contributed by atoms with Crippen molar-refractivity contribution in [1.29, 1.82) is 0 Å². The van der Waals surface area contributed by atoms with Gasteiger partial charge in [-0.05, 0) is 50.5 Å². The lowest BCUT2D eigenvalue weighted by Gasteiger charge is -2.22. The summed E-state index contributed by atoms with van der Waals surface area (Å²) in [5, 5.41) is 7.18. The molecule has 4 heteroatoms. The van der Waals surface area contributed by atoms with Gasteiger partial charge in [0, 0.05) is 12.3 Å². The molecule has 0 spiro atoms. The van der Waals surface area contributed by atoms with Crippen LogP contribution in [0, 0.1) is 6.92 Å². The van der Waals surface area contributed by atoms with E-state index in [2.05, 4.69) is 30.5 Å². The average molecular weight is 264 g/mol. The van der Waals surface area contributed by atoms with Crippen molar-refractivity contribution < 1.29 is 4.74 Å². The molecule has 0 saturated carbocycles. The Labute approximate surface area is 114 Å². The van der Waals surface area contributed by atoms with Gasteiger partial charge in [-0.25, -0.2) is 0 Å². The third-order valence-electron chi connectivity index (χ3n) is 3.27. The molecule has 1 aromatic rings. The number of hydrogen-bond acceptors (Lipinski definition) is 2. The summed E-state index contributed by atoms with van der Waals surface area (Å²) in [4.78, 5) is 0. The Morgan fingerprint density at radius 3 is 2.89 bits per heavy atom. The molecule has 18 heavy (non-hydrogen) atoms. The van der Waals surface area contributed by atoms with Gasteiger partial charge >= 0.3 is 0 Å². The standard InChI is InChI=1S/C14H20N2OS/c1-10-6-3-4-7-12(10)16-14(18)15-11(2)13-8-5-9-17-13/h3-4,6-7,11,13H,5,8-9H2,1-2H3,(H2,15,16,18). The van der Waals surface area contributed by atoms with E-state index in [-0.39, 0.29) is 12.1 Å². The normalized spacial score (nSPS) is 20.4. The zero-order valence-corrected chi connectivity index (χ0v) is 11.7. The summed E-state index contributed by atoms with van der Waals surface area (Å²) < 4.78 is 5.64. The molecule has 0 aromatic heterocycles. The van der Waals surface area contributed by atoms with Crippen LogP contribution in [-0.2, 0) is 4.74 Å². The van der Waals surface area contributed by atoms with Crippen LogP contribution in [0.5, 0.6) is 0 Å². The lowest BCUT2D eigenvalue weighted by atomic mass is 10.1. The van der Waals surface area contributed by atoms with Gasteiger partial charge in [-0.3, -0.25) is 0 Å². The van der Waals surface area contributed by atoms with E-state index in [0.29, 0.717) is 5.11 Å². The summed E-state index contributed by atoms with van der Waals surface area (Å²) >= 11 is 5.33. The smallest absolute Gasteiger partial charge is 0.171 e. The molecule has 1 fully saturated rings. The van der Waals surface area contributed by atoms with E-state index in [1.54, 1.807) is 0 Å². The maximum absolute atomic E-state index is 5.64. The fourth-order valence-corrected chi connectivity index (χ4v) is 2.46. The van der Waals surface area contributed by atoms with Crippen LogP contribution in [0.15, 0.2) is 24.3 Å². The first-order valence-corrected chi connectivity index (χ1v) is 6.82. The predicted octanol–water partition coefficient (Wildman–Crippen LogP) is 2.85. The van der Waals surface area contributed by atoms with E-state index < -0.39 is 0 Å². The van der Waals surface area contributed by atoms with Gasteiger partial charge in [0.25, 0.3) is 0 Å². The van der Waals surface area contributed by atoms with E-state index in [0.717, 1.165) is 25.1 Å². The molecule has 0 aliphatic carbocycles. The van der Waals surface area contributed by atoms with Crippen molar-refractivity contribution in [2.75, 3.05) is 11.9 Å². The maximum Gasteiger partial charge on any atom is 0.171 e. The second-order valence-electron chi connectivity index (χ2n) is 4.75. The van der Waals surface area contributed by atoms with Crippen LogP contribution < -0.4 is 10.6 Å². The molecule has 98 valence electrons. The molecule has 2 atom stereocenters. The van der Waals surface area contributed by atoms with E-state index in [1.807, 2.05) is 18.2 Å². The number of hydrogen-bond donors (Lipinski definition) is 2. The van der Waals surface area contributed by atoms with Gasteiger partial charge < -0.3 is 15.4 Å². The lowest BCUT2D eigenvalue weighted by molar-refractivity contribution is 0.0895. The van der Waals surface area contributed by atoms with E-state index in [1.165, 1.54) is 5.56 Å². The zero-order chi connectivity index (χ0) is 13.0. The van der Waals surface area contributed by atoms with Crippen molar-refractivity contribution >= 4 is 23.0 Å². The predicted molar refractivity (Wildman–Crippen MR) is 79.0 cm³/mol. The highest BCUT2D eigenvalue weighted by Crippen LogP contribution is 2.16. The van der Waals surface area contributed by atoms with Crippen LogP contribution in [-0.4, -0.2) is 23.9 Å². The Morgan fingerprint density at radius 1 is 1.44 bits per heavy atom. The molecule has 1 aliphatic rings. The molecule has 0 amide bonds. The molecular formula is C14H20N2OS. The third-order valence-corrected chi connectivity index (χ3v) is 3.49. The summed E-state index contributed by atoms with van der Waals surface area (Å²) in [6.45, 7) is 5.05. The summed E-state index contributed by atoms with van der Waals surface area (Å²) in [6.07, 6.45) is 2.54. The SMILES string of the molecule is Cc1ccccc1NC(=S)NC(C)C1CCCO1. The Morgan fingerprint density at radius 2 is 2.22 bits per heavy atom. The monoisotopic (exact) mass is 264 g/mol. The van der Waals surface area contributed by atoms with Crippen LogP contribution in [0.1, 0.15) is 25.3 Å². The first-order chi connectivity index (χ1) is 8.66. The number of anilines is 1. The zero-order valence-electron chi connectivity index (χ0n) is 10.9. The molecule has 1 heterocycles. The Kier molecular flexibility index (Phi) is 4.55. The average Bonchev–Trinajstić information content (AvgIpc) is 2.85. The van der Waals surface area contributed by atoms with Crippen LogP contribution in [0.2, 0.25) is 0 Å². The highest BCUT2D eigenvalue weighted by Gasteiger charge is 2.22. The molecule has 0 bridgehead atoms. The maximum atomic E-state index is 5.64. The number of aryl methyl sites for hydroxylation is 1. The van der Waals surface area contributed by atoms with Crippen LogP contribution in [0.25, 0.3) is 0 Å². The number of thiocarbonyl (C=S) groups is 1. The van der Waals surface area contributed by atoms with Crippen LogP contribution in [0.4, 0.5) is 5.69 Å². The van der Waals surface area contributed by atoms with E-state index >= 15 is 0 Å². The highest BCUT2D eigenvalue weighted by atomic mass is 32.1. The van der Waals surface area contributed by atoms with E-state index in [4.69, 9.17) is 17.0 Å². The minimum Gasteiger partial charge on any atom is -0.376 e. The Balaban J connectivity index is 1.86. The van der Waals surface area contributed by atoms with Crippen molar-refractivity contribution in [2.45, 2.75) is 38.8 Å². The minimum atomic E-state index is 0.247. The number of ether oxygens (including phenoxy) is 1. The summed E-state index contributed by atoms with van der Waals surface area (Å²) in [6, 6.07) is 8.36. The number of rotatable bonds is 3. The van der Waals surface area contributed by atoms with Crippen molar-refractivity contribution in [3.05, 3.63) is 29.8 Å². The van der Waals surface area contributed by atoms with Gasteiger partial charge in [-0.15, -0.1) is 0 Å². The second kappa shape index (κ2) is 6.16. The molecule has 2 unspecified atom stereocenters. The molecule has 0 radical (unpaired) electrons. The fourth-order valence-electron chi connectivity index (χ4n) is 2.17. The number of benzene rings is 1. The second-order valence-corrected chi connectivity index (χ2v) is 5.16. The minimum absolute atomic E-state index is 0.247. The number of para-hydroxylation sites is 1. The van der Waals surface area contributed by atoms with Crippen molar-refractivity contribution in [1.82, 2.24) is 5.32 Å². The summed E-state index contributed by atoms with van der Waals surface area (Å²) in [7, 11) is 0. The Bertz CT molecular complexity index is 416. The first kappa shape index (κ1) is 13.3. The molecule has 1 saturated heterocycles. The van der Waals surface area contributed by atoms with Crippen LogP contribution >= 0.6 is 12.2 Å². The molecule has 2 rings (SSSR count). The van der Waals surface area contributed by atoms with Gasteiger partial charge in [-0.2, -0.15) is 0 Å². The molecule has 1 aliphatic heterocycles. The first-order valence-electron chi connectivity index (χ1n) is 6.41. The summed E-state index contributed by atoms with van der Waals surface area (Å²) in [5.74, 6) is 0. The lowest BCUT2D eigenvalue weighted by Crippen LogP contribution is -2.42. The topological polar surface area (TPSA) is 33.3 Å². The van der Waals surface area contributed by atoms with Gasteiger partial charge in [0.1, 0.15) is 0 Å². The van der Waals surface area contributed by atoms with Crippen LogP contribution in [0.3, 0.4) is 0 Å². The van der Waals surface area contributed by atoms with Gasteiger partial charge in [0.15, 0.2) is 5.11 Å². The molecular weight excluding hydrogens is 244 g/mol. The largest absolute Gasteiger partial charge is 0.376 e. The number of nitrogens with one attached hydrogen (secondary N) is 2. The fraction of sp³-hybridized carbons (Fsp3) is 0.500. The Hall–Kier alpha value is -1.13. The summed E-state index contributed by atoms with van der Waals surface area (Å²) in [5.41, 5.74) is 2.24. The van der Waals surface area contributed by atoms with Gasteiger partial charge in [-0.1, -0.05) is 18.2 Å². The van der Waals surface area contributed by atoms with Crippen molar-refractivity contribution in [3.63, 3.8) is 0 Å².